The number of nitrogens with zero attached hydrogens (tertiary/aromatic N) is 1. The Hall–Kier alpha value is -0.660. The molecule has 1 rings (SSSR count). The van der Waals surface area contributed by atoms with Crippen molar-refractivity contribution < 1.29 is 13.2 Å². The third kappa shape index (κ3) is 5.10. The van der Waals surface area contributed by atoms with Crippen LogP contribution in [0.25, 0.3) is 0 Å². The molecule has 88 valence electrons. The van der Waals surface area contributed by atoms with Crippen molar-refractivity contribution >= 4 is 15.9 Å². The Balaban J connectivity index is 2.33. The molecule has 0 aromatic rings. The highest BCUT2D eigenvalue weighted by Crippen LogP contribution is 2.07. The Morgan fingerprint density at radius 2 is 2.00 bits per heavy atom. The van der Waals surface area contributed by atoms with E-state index in [4.69, 9.17) is 5.73 Å². The van der Waals surface area contributed by atoms with E-state index in [1.165, 1.54) is 0 Å². The molecule has 0 bridgehead atoms. The van der Waals surface area contributed by atoms with Gasteiger partial charge in [0.25, 0.3) is 0 Å². The molecule has 1 aliphatic rings. The fourth-order valence-corrected chi connectivity index (χ4v) is 2.03. The zero-order chi connectivity index (χ0) is 11.5. The van der Waals surface area contributed by atoms with Gasteiger partial charge in [-0.25, -0.2) is 8.42 Å². The van der Waals surface area contributed by atoms with Crippen LogP contribution in [-0.2, 0) is 14.8 Å². The lowest BCUT2D eigenvalue weighted by Crippen LogP contribution is -2.45. The van der Waals surface area contributed by atoms with E-state index >= 15 is 0 Å². The van der Waals surface area contributed by atoms with E-state index in [-0.39, 0.29) is 12.6 Å². The van der Waals surface area contributed by atoms with Crippen LogP contribution in [0.3, 0.4) is 0 Å². The fourth-order valence-electron chi connectivity index (χ4n) is 1.55. The molecule has 0 atom stereocenters. The molecule has 1 amide bonds. The second-order valence-electron chi connectivity index (χ2n) is 3.91. The van der Waals surface area contributed by atoms with Crippen LogP contribution in [0.1, 0.15) is 12.8 Å². The summed E-state index contributed by atoms with van der Waals surface area (Å²) in [5, 5.41) is 0. The number of nitrogens with one attached hydrogen (secondary N) is 1. The van der Waals surface area contributed by atoms with Crippen molar-refractivity contribution in [1.82, 2.24) is 9.62 Å². The van der Waals surface area contributed by atoms with Crippen LogP contribution >= 0.6 is 0 Å². The van der Waals surface area contributed by atoms with Crippen LogP contribution in [0.15, 0.2) is 0 Å². The smallest absolute Gasteiger partial charge is 0.247 e. The van der Waals surface area contributed by atoms with E-state index < -0.39 is 15.9 Å². The Morgan fingerprint density at radius 1 is 1.47 bits per heavy atom. The van der Waals surface area contributed by atoms with E-state index in [0.29, 0.717) is 0 Å². The summed E-state index contributed by atoms with van der Waals surface area (Å²) >= 11 is 0. The molecule has 0 aromatic heterocycles. The van der Waals surface area contributed by atoms with Gasteiger partial charge in [0.1, 0.15) is 0 Å². The minimum absolute atomic E-state index is 0.125. The predicted octanol–water partition coefficient (Wildman–Crippen LogP) is -1.51. The highest BCUT2D eigenvalue weighted by atomic mass is 32.2. The average Bonchev–Trinajstić information content (AvgIpc) is 2.05. The number of hydrogen-bond acceptors (Lipinski definition) is 5. The van der Waals surface area contributed by atoms with Crippen LogP contribution < -0.4 is 10.5 Å². The first-order valence-corrected chi connectivity index (χ1v) is 6.74. The second-order valence-corrected chi connectivity index (χ2v) is 5.66. The second kappa shape index (κ2) is 4.91. The van der Waals surface area contributed by atoms with E-state index in [9.17, 15) is 13.2 Å². The normalized spacial score (nSPS) is 20.1. The Kier molecular flexibility index (Phi) is 4.06. The molecule has 6 nitrogen and oxygen atoms in total. The number of piperidine rings is 1. The summed E-state index contributed by atoms with van der Waals surface area (Å²) in [4.78, 5) is 13.2. The summed E-state index contributed by atoms with van der Waals surface area (Å²) in [5.41, 5.74) is 5.71. The maximum atomic E-state index is 11.2. The highest BCUT2D eigenvalue weighted by molar-refractivity contribution is 7.89. The molecule has 1 aliphatic heterocycles. The molecule has 0 spiro atoms. The number of carbonyl (C=O) groups excluding carboxylic acids is 1. The Labute approximate surface area is 89.9 Å². The summed E-state index contributed by atoms with van der Waals surface area (Å²) in [6.45, 7) is 1.62. The van der Waals surface area contributed by atoms with Crippen LogP contribution in [0.5, 0.6) is 0 Å². The van der Waals surface area contributed by atoms with Crippen molar-refractivity contribution in [2.45, 2.75) is 18.9 Å². The van der Waals surface area contributed by atoms with Gasteiger partial charge >= 0.3 is 0 Å². The van der Waals surface area contributed by atoms with Crippen molar-refractivity contribution in [2.24, 2.45) is 5.73 Å². The Bertz CT molecular complexity index is 320. The highest BCUT2D eigenvalue weighted by Gasteiger charge is 2.19. The van der Waals surface area contributed by atoms with Gasteiger partial charge in [0, 0.05) is 19.1 Å². The van der Waals surface area contributed by atoms with Gasteiger partial charge in [-0.1, -0.05) is 0 Å². The number of carbonyl (C=O) groups is 1. The number of sulfonamides is 1. The summed E-state index contributed by atoms with van der Waals surface area (Å²) in [5.74, 6) is -0.479. The molecule has 3 N–H and O–H groups in total. The number of amides is 1. The van der Waals surface area contributed by atoms with Gasteiger partial charge in [-0.05, 0) is 12.8 Å². The molecule has 0 unspecified atom stereocenters. The number of nitrogens with two attached hydrogens (primary N) is 1. The van der Waals surface area contributed by atoms with E-state index in [2.05, 4.69) is 0 Å². The standard InChI is InChI=1S/C8H17N3O3S/c1-15(13,14)10-8(12)6-11-4-2-7(9)3-5-11/h7H,2-6,9H2,1H3,(H,10,12). The van der Waals surface area contributed by atoms with Gasteiger partial charge in [0.2, 0.25) is 15.9 Å². The molecule has 0 aromatic carbocycles. The molecule has 15 heavy (non-hydrogen) atoms. The molecular formula is C8H17N3O3S. The Morgan fingerprint density at radius 3 is 2.47 bits per heavy atom. The monoisotopic (exact) mass is 235 g/mol. The lowest BCUT2D eigenvalue weighted by Gasteiger charge is -2.29. The molecule has 7 heteroatoms. The van der Waals surface area contributed by atoms with E-state index in [1.807, 2.05) is 9.62 Å². The molecule has 0 radical (unpaired) electrons. The molecular weight excluding hydrogens is 218 g/mol. The van der Waals surface area contributed by atoms with Gasteiger partial charge in [-0.3, -0.25) is 14.4 Å². The molecule has 1 heterocycles. The van der Waals surface area contributed by atoms with E-state index in [0.717, 1.165) is 32.2 Å². The summed E-state index contributed by atoms with van der Waals surface area (Å²) in [7, 11) is -3.44. The van der Waals surface area contributed by atoms with Gasteiger partial charge in [-0.15, -0.1) is 0 Å². The van der Waals surface area contributed by atoms with Crippen molar-refractivity contribution in [3.05, 3.63) is 0 Å². The topological polar surface area (TPSA) is 92.5 Å². The lowest BCUT2D eigenvalue weighted by atomic mass is 10.1. The quantitative estimate of drug-likeness (QED) is 0.620. The maximum Gasteiger partial charge on any atom is 0.247 e. The predicted molar refractivity (Wildman–Crippen MR) is 56.6 cm³/mol. The number of hydrogen-bond donors (Lipinski definition) is 2. The number of likely N-dealkylation sites (tertiary alicyclic amines) is 1. The van der Waals surface area contributed by atoms with Crippen molar-refractivity contribution in [2.75, 3.05) is 25.9 Å². The largest absolute Gasteiger partial charge is 0.328 e. The third-order valence-corrected chi connectivity index (χ3v) is 2.90. The van der Waals surface area contributed by atoms with Crippen molar-refractivity contribution in [1.29, 1.82) is 0 Å². The van der Waals surface area contributed by atoms with E-state index in [1.54, 1.807) is 0 Å². The number of rotatable bonds is 3. The van der Waals surface area contributed by atoms with Crippen molar-refractivity contribution in [3.63, 3.8) is 0 Å². The fraction of sp³-hybridized carbons (Fsp3) is 0.875. The first-order valence-electron chi connectivity index (χ1n) is 4.85. The summed E-state index contributed by atoms with van der Waals surface area (Å²) in [6, 6.07) is 0.208. The zero-order valence-corrected chi connectivity index (χ0v) is 9.59. The first kappa shape index (κ1) is 12.4. The first-order chi connectivity index (χ1) is 6.87. The molecule has 0 aliphatic carbocycles. The van der Waals surface area contributed by atoms with Crippen molar-refractivity contribution in [3.8, 4) is 0 Å². The van der Waals surface area contributed by atoms with Crippen LogP contribution in [0.4, 0.5) is 0 Å². The third-order valence-electron chi connectivity index (χ3n) is 2.30. The lowest BCUT2D eigenvalue weighted by molar-refractivity contribution is -0.120. The minimum Gasteiger partial charge on any atom is -0.328 e. The van der Waals surface area contributed by atoms with Crippen LogP contribution in [-0.4, -0.2) is 51.2 Å². The summed E-state index contributed by atoms with van der Waals surface area (Å²) < 4.78 is 23.5. The maximum absolute atomic E-state index is 11.2. The minimum atomic E-state index is -3.44. The molecule has 1 fully saturated rings. The van der Waals surface area contributed by atoms with Gasteiger partial charge in [0.15, 0.2) is 0 Å². The van der Waals surface area contributed by atoms with Gasteiger partial charge in [0.05, 0.1) is 12.8 Å². The molecule has 1 saturated heterocycles. The van der Waals surface area contributed by atoms with Gasteiger partial charge < -0.3 is 5.73 Å². The SMILES string of the molecule is CS(=O)(=O)NC(=O)CN1CCC(N)CC1. The van der Waals surface area contributed by atoms with Gasteiger partial charge in [-0.2, -0.15) is 0 Å². The zero-order valence-electron chi connectivity index (χ0n) is 8.77. The molecule has 0 saturated carbocycles. The van der Waals surface area contributed by atoms with Crippen LogP contribution in [0.2, 0.25) is 0 Å². The summed E-state index contributed by atoms with van der Waals surface area (Å²) in [6.07, 6.45) is 2.68. The average molecular weight is 235 g/mol. The van der Waals surface area contributed by atoms with Crippen LogP contribution in [0, 0.1) is 0 Å².